The minimum Gasteiger partial charge on any atom is -0.462 e. The molecule has 0 aliphatic rings. The standard InChI is InChI=1S/C12H12BrNO2/c1-3-16-12(15)11-5-9(7-14)4-10(6-13)8(11)2/h4-5H,3,6H2,1-2H3. The topological polar surface area (TPSA) is 50.1 Å². The van der Waals surface area contributed by atoms with E-state index >= 15 is 0 Å². The zero-order chi connectivity index (χ0) is 12.1. The van der Waals surface area contributed by atoms with Crippen LogP contribution in [-0.4, -0.2) is 12.6 Å². The van der Waals surface area contributed by atoms with Crippen LogP contribution in [0.4, 0.5) is 0 Å². The lowest BCUT2D eigenvalue weighted by Crippen LogP contribution is -2.08. The van der Waals surface area contributed by atoms with Crippen LogP contribution >= 0.6 is 15.9 Å². The molecule has 0 N–H and O–H groups in total. The Hall–Kier alpha value is -1.34. The van der Waals surface area contributed by atoms with Gasteiger partial charge in [0, 0.05) is 5.33 Å². The van der Waals surface area contributed by atoms with Gasteiger partial charge in [0.1, 0.15) is 0 Å². The number of nitrogens with zero attached hydrogens (tertiary/aromatic N) is 1. The van der Waals surface area contributed by atoms with Crippen molar-refractivity contribution in [2.45, 2.75) is 19.2 Å². The van der Waals surface area contributed by atoms with E-state index in [1.165, 1.54) is 0 Å². The number of hydrogen-bond acceptors (Lipinski definition) is 3. The molecule has 0 saturated heterocycles. The first-order chi connectivity index (χ1) is 7.63. The summed E-state index contributed by atoms with van der Waals surface area (Å²) in [7, 11) is 0. The average molecular weight is 282 g/mol. The molecule has 0 heterocycles. The van der Waals surface area contributed by atoms with Gasteiger partial charge in [0.2, 0.25) is 0 Å². The minimum atomic E-state index is -0.376. The molecule has 16 heavy (non-hydrogen) atoms. The second-order valence-electron chi connectivity index (χ2n) is 3.27. The number of nitriles is 1. The van der Waals surface area contributed by atoms with Crippen LogP contribution in [0.3, 0.4) is 0 Å². The summed E-state index contributed by atoms with van der Waals surface area (Å²) in [5, 5.41) is 9.48. The van der Waals surface area contributed by atoms with Crippen LogP contribution in [0, 0.1) is 18.3 Å². The number of hydrogen-bond donors (Lipinski definition) is 0. The zero-order valence-corrected chi connectivity index (χ0v) is 10.8. The van der Waals surface area contributed by atoms with Crippen LogP contribution in [0.25, 0.3) is 0 Å². The second-order valence-corrected chi connectivity index (χ2v) is 3.83. The fourth-order valence-electron chi connectivity index (χ4n) is 1.40. The van der Waals surface area contributed by atoms with Gasteiger partial charge in [0.15, 0.2) is 0 Å². The largest absolute Gasteiger partial charge is 0.462 e. The lowest BCUT2D eigenvalue weighted by atomic mass is 10.00. The SMILES string of the molecule is CCOC(=O)c1cc(C#N)cc(CBr)c1C. The minimum absolute atomic E-state index is 0.332. The molecule has 1 aromatic carbocycles. The molecule has 0 amide bonds. The first-order valence-corrected chi connectivity index (χ1v) is 6.02. The molecular weight excluding hydrogens is 270 g/mol. The molecule has 0 unspecified atom stereocenters. The van der Waals surface area contributed by atoms with Crippen molar-refractivity contribution in [1.29, 1.82) is 5.26 Å². The molecule has 0 fully saturated rings. The number of carbonyl (C=O) groups excluding carboxylic acids is 1. The van der Waals surface area contributed by atoms with Crippen molar-refractivity contribution in [2.75, 3.05) is 6.61 Å². The van der Waals surface area contributed by atoms with E-state index < -0.39 is 0 Å². The van der Waals surface area contributed by atoms with Gasteiger partial charge in [-0.15, -0.1) is 0 Å². The third-order valence-electron chi connectivity index (χ3n) is 2.28. The van der Waals surface area contributed by atoms with Gasteiger partial charge in [-0.05, 0) is 37.1 Å². The maximum Gasteiger partial charge on any atom is 0.338 e. The first-order valence-electron chi connectivity index (χ1n) is 4.90. The van der Waals surface area contributed by atoms with Crippen LogP contribution in [0.1, 0.15) is 34.0 Å². The molecule has 0 bridgehead atoms. The van der Waals surface area contributed by atoms with E-state index in [1.54, 1.807) is 19.1 Å². The first kappa shape index (κ1) is 12.7. The Bertz CT molecular complexity index is 449. The highest BCUT2D eigenvalue weighted by Crippen LogP contribution is 2.20. The molecule has 0 aliphatic carbocycles. The van der Waals surface area contributed by atoms with Crippen LogP contribution < -0.4 is 0 Å². The van der Waals surface area contributed by atoms with Crippen LogP contribution in [0.2, 0.25) is 0 Å². The Morgan fingerprint density at radius 2 is 2.25 bits per heavy atom. The van der Waals surface area contributed by atoms with Gasteiger partial charge in [-0.3, -0.25) is 0 Å². The summed E-state index contributed by atoms with van der Waals surface area (Å²) in [6, 6.07) is 5.38. The number of halogens is 1. The van der Waals surface area contributed by atoms with Crippen molar-refractivity contribution in [3.63, 3.8) is 0 Å². The van der Waals surface area contributed by atoms with Gasteiger partial charge in [-0.2, -0.15) is 5.26 Å². The molecule has 1 aromatic rings. The lowest BCUT2D eigenvalue weighted by molar-refractivity contribution is 0.0525. The monoisotopic (exact) mass is 281 g/mol. The van der Waals surface area contributed by atoms with E-state index in [2.05, 4.69) is 15.9 Å². The van der Waals surface area contributed by atoms with Gasteiger partial charge in [0.05, 0.1) is 23.8 Å². The van der Waals surface area contributed by atoms with E-state index in [-0.39, 0.29) is 5.97 Å². The smallest absolute Gasteiger partial charge is 0.338 e. The predicted molar refractivity (Wildman–Crippen MR) is 64.5 cm³/mol. The Morgan fingerprint density at radius 3 is 2.75 bits per heavy atom. The van der Waals surface area contributed by atoms with Crippen molar-refractivity contribution < 1.29 is 9.53 Å². The molecule has 0 atom stereocenters. The molecule has 0 aliphatic heterocycles. The molecule has 0 radical (unpaired) electrons. The van der Waals surface area contributed by atoms with Gasteiger partial charge >= 0.3 is 5.97 Å². The van der Waals surface area contributed by atoms with Gasteiger partial charge < -0.3 is 4.74 Å². The van der Waals surface area contributed by atoms with E-state index in [4.69, 9.17) is 10.00 Å². The molecule has 0 aromatic heterocycles. The van der Waals surface area contributed by atoms with Crippen molar-refractivity contribution in [3.05, 3.63) is 34.4 Å². The Balaban J connectivity index is 3.27. The Kier molecular flexibility index (Phi) is 4.51. The highest BCUT2D eigenvalue weighted by Gasteiger charge is 2.14. The summed E-state index contributed by atoms with van der Waals surface area (Å²) in [5.74, 6) is -0.376. The lowest BCUT2D eigenvalue weighted by Gasteiger charge is -2.09. The second kappa shape index (κ2) is 5.66. The molecule has 4 heteroatoms. The van der Waals surface area contributed by atoms with E-state index in [0.29, 0.717) is 23.1 Å². The highest BCUT2D eigenvalue weighted by atomic mass is 79.9. The molecule has 1 rings (SSSR count). The molecule has 0 spiro atoms. The molecular formula is C12H12BrNO2. The number of carbonyl (C=O) groups is 1. The number of alkyl halides is 1. The summed E-state index contributed by atoms with van der Waals surface area (Å²) in [4.78, 5) is 11.7. The summed E-state index contributed by atoms with van der Waals surface area (Å²) >= 11 is 3.33. The van der Waals surface area contributed by atoms with Gasteiger partial charge in [-0.1, -0.05) is 15.9 Å². The third kappa shape index (κ3) is 2.61. The fourth-order valence-corrected chi connectivity index (χ4v) is 1.98. The molecule has 0 saturated carbocycles. The average Bonchev–Trinajstić information content (AvgIpc) is 2.29. The summed E-state index contributed by atoms with van der Waals surface area (Å²) in [6.45, 7) is 3.94. The van der Waals surface area contributed by atoms with Crippen molar-refractivity contribution in [2.24, 2.45) is 0 Å². The fraction of sp³-hybridized carbons (Fsp3) is 0.333. The van der Waals surface area contributed by atoms with Crippen LogP contribution in [0.15, 0.2) is 12.1 Å². The van der Waals surface area contributed by atoms with Crippen molar-refractivity contribution in [3.8, 4) is 6.07 Å². The Morgan fingerprint density at radius 1 is 1.56 bits per heavy atom. The van der Waals surface area contributed by atoms with Gasteiger partial charge in [0.25, 0.3) is 0 Å². The maximum absolute atomic E-state index is 11.7. The van der Waals surface area contributed by atoms with Crippen LogP contribution in [0.5, 0.6) is 0 Å². The maximum atomic E-state index is 11.7. The number of ether oxygens (including phenoxy) is 1. The Labute approximate surface area is 103 Å². The number of esters is 1. The zero-order valence-electron chi connectivity index (χ0n) is 9.21. The van der Waals surface area contributed by atoms with Gasteiger partial charge in [-0.25, -0.2) is 4.79 Å². The summed E-state index contributed by atoms with van der Waals surface area (Å²) in [6.07, 6.45) is 0. The molecule has 3 nitrogen and oxygen atoms in total. The van der Waals surface area contributed by atoms with Crippen LogP contribution in [-0.2, 0) is 10.1 Å². The quantitative estimate of drug-likeness (QED) is 0.632. The third-order valence-corrected chi connectivity index (χ3v) is 2.89. The molecule has 84 valence electrons. The highest BCUT2D eigenvalue weighted by molar-refractivity contribution is 9.08. The number of benzene rings is 1. The number of rotatable bonds is 3. The van der Waals surface area contributed by atoms with E-state index in [9.17, 15) is 4.79 Å². The normalized spacial score (nSPS) is 9.62. The summed E-state index contributed by atoms with van der Waals surface area (Å²) in [5.41, 5.74) is 2.73. The van der Waals surface area contributed by atoms with Crippen molar-refractivity contribution in [1.82, 2.24) is 0 Å². The van der Waals surface area contributed by atoms with E-state index in [1.807, 2.05) is 13.0 Å². The summed E-state index contributed by atoms with van der Waals surface area (Å²) < 4.78 is 4.94. The van der Waals surface area contributed by atoms with Crippen molar-refractivity contribution >= 4 is 21.9 Å². The van der Waals surface area contributed by atoms with E-state index in [0.717, 1.165) is 11.1 Å². The predicted octanol–water partition coefficient (Wildman–Crippen LogP) is 2.94.